The first-order valence-corrected chi connectivity index (χ1v) is 6.90. The van der Waals surface area contributed by atoms with Crippen LogP contribution in [0.4, 0.5) is 0 Å². The van der Waals surface area contributed by atoms with Crippen molar-refractivity contribution in [2.24, 2.45) is 4.99 Å². The van der Waals surface area contributed by atoms with E-state index in [1.54, 1.807) is 18.9 Å². The number of nitrogens with zero attached hydrogens (tertiary/aromatic N) is 1. The number of hydrogen-bond donors (Lipinski definition) is 2. The molecule has 0 saturated carbocycles. The maximum Gasteiger partial charge on any atom is 0.221 e. The minimum Gasteiger partial charge on any atom is -0.383 e. The smallest absolute Gasteiger partial charge is 0.221 e. The third-order valence-electron chi connectivity index (χ3n) is 2.38. The molecule has 17 heavy (non-hydrogen) atoms. The number of carbonyl (C=O) groups is 1. The molecule has 5 nitrogen and oxygen atoms in total. The van der Waals surface area contributed by atoms with Crippen molar-refractivity contribution >= 4 is 22.8 Å². The zero-order valence-corrected chi connectivity index (χ0v) is 11.3. The van der Waals surface area contributed by atoms with Gasteiger partial charge in [-0.05, 0) is 13.3 Å². The van der Waals surface area contributed by atoms with E-state index in [1.807, 2.05) is 0 Å². The molecule has 1 fully saturated rings. The van der Waals surface area contributed by atoms with E-state index in [1.165, 1.54) is 6.42 Å². The van der Waals surface area contributed by atoms with Gasteiger partial charge in [0.15, 0.2) is 5.17 Å². The summed E-state index contributed by atoms with van der Waals surface area (Å²) in [6.07, 6.45) is 1.60. The lowest BCUT2D eigenvalue weighted by Crippen LogP contribution is -2.35. The van der Waals surface area contributed by atoms with E-state index in [0.29, 0.717) is 32.2 Å². The first kappa shape index (κ1) is 14.3. The number of amides is 1. The predicted molar refractivity (Wildman–Crippen MR) is 71.5 cm³/mol. The van der Waals surface area contributed by atoms with Gasteiger partial charge in [0.2, 0.25) is 5.91 Å². The van der Waals surface area contributed by atoms with Crippen LogP contribution < -0.4 is 10.6 Å². The standard InChI is InChI=1S/C11H21N3O2S/c1-9-4-8-17-11(14-9)13-5-3-10(15)12-6-7-16-2/h9H,3-8H2,1-2H3,(H,12,15)(H,13,14). The summed E-state index contributed by atoms with van der Waals surface area (Å²) in [4.78, 5) is 15.7. The van der Waals surface area contributed by atoms with Gasteiger partial charge in [0.05, 0.1) is 13.2 Å². The van der Waals surface area contributed by atoms with Crippen molar-refractivity contribution < 1.29 is 9.53 Å². The van der Waals surface area contributed by atoms with Crippen molar-refractivity contribution in [3.05, 3.63) is 0 Å². The second-order valence-electron chi connectivity index (χ2n) is 3.96. The molecular weight excluding hydrogens is 238 g/mol. The van der Waals surface area contributed by atoms with Crippen LogP contribution in [0.2, 0.25) is 0 Å². The van der Waals surface area contributed by atoms with Gasteiger partial charge in [-0.25, -0.2) is 0 Å². The SMILES string of the molecule is COCCNC(=O)CCN=C1NC(C)CCS1. The number of hydrogen-bond acceptors (Lipinski definition) is 4. The van der Waals surface area contributed by atoms with Crippen LogP contribution in [0, 0.1) is 0 Å². The largest absolute Gasteiger partial charge is 0.383 e. The van der Waals surface area contributed by atoms with E-state index < -0.39 is 0 Å². The summed E-state index contributed by atoms with van der Waals surface area (Å²) >= 11 is 1.73. The molecule has 1 aliphatic rings. The van der Waals surface area contributed by atoms with E-state index in [2.05, 4.69) is 22.5 Å². The Hall–Kier alpha value is -0.750. The summed E-state index contributed by atoms with van der Waals surface area (Å²) in [5.41, 5.74) is 0. The van der Waals surface area contributed by atoms with Crippen molar-refractivity contribution in [3.8, 4) is 0 Å². The Morgan fingerprint density at radius 1 is 1.71 bits per heavy atom. The van der Waals surface area contributed by atoms with Crippen LogP contribution in [-0.4, -0.2) is 49.7 Å². The monoisotopic (exact) mass is 259 g/mol. The first-order valence-electron chi connectivity index (χ1n) is 5.92. The number of thioether (sulfide) groups is 1. The molecule has 0 aromatic carbocycles. The summed E-state index contributed by atoms with van der Waals surface area (Å²) in [7, 11) is 1.62. The average Bonchev–Trinajstić information content (AvgIpc) is 2.29. The van der Waals surface area contributed by atoms with Crippen LogP contribution in [0.1, 0.15) is 19.8 Å². The Bertz CT molecular complexity index is 271. The summed E-state index contributed by atoms with van der Waals surface area (Å²) < 4.78 is 4.85. The molecule has 1 atom stereocenters. The molecule has 1 amide bonds. The molecule has 0 bridgehead atoms. The number of methoxy groups -OCH3 is 1. The molecular formula is C11H21N3O2S. The molecule has 0 aromatic rings. The van der Waals surface area contributed by atoms with Crippen molar-refractivity contribution in [2.45, 2.75) is 25.8 Å². The molecule has 0 radical (unpaired) electrons. The molecule has 0 aliphatic carbocycles. The summed E-state index contributed by atoms with van der Waals surface area (Å²) in [5, 5.41) is 7.04. The van der Waals surface area contributed by atoms with Crippen LogP contribution in [0.5, 0.6) is 0 Å². The van der Waals surface area contributed by atoms with E-state index in [9.17, 15) is 4.79 Å². The summed E-state index contributed by atoms with van der Waals surface area (Å²) in [6, 6.07) is 0.491. The number of nitrogens with one attached hydrogen (secondary N) is 2. The van der Waals surface area contributed by atoms with E-state index in [0.717, 1.165) is 10.9 Å². The summed E-state index contributed by atoms with van der Waals surface area (Å²) in [6.45, 7) is 3.80. The fourth-order valence-electron chi connectivity index (χ4n) is 1.39. The van der Waals surface area contributed by atoms with Gasteiger partial charge in [-0.3, -0.25) is 9.79 Å². The van der Waals surface area contributed by atoms with Gasteiger partial charge in [-0.2, -0.15) is 0 Å². The van der Waals surface area contributed by atoms with Gasteiger partial charge in [0.25, 0.3) is 0 Å². The molecule has 1 rings (SSSR count). The van der Waals surface area contributed by atoms with Gasteiger partial charge in [-0.1, -0.05) is 11.8 Å². The van der Waals surface area contributed by atoms with Crippen LogP contribution in [0.15, 0.2) is 4.99 Å². The second kappa shape index (κ2) is 8.36. The van der Waals surface area contributed by atoms with Gasteiger partial charge in [0.1, 0.15) is 0 Å². The Balaban J connectivity index is 2.13. The number of rotatable bonds is 6. The van der Waals surface area contributed by atoms with Crippen LogP contribution in [-0.2, 0) is 9.53 Å². The Morgan fingerprint density at radius 2 is 2.53 bits per heavy atom. The molecule has 2 N–H and O–H groups in total. The quantitative estimate of drug-likeness (QED) is 0.686. The van der Waals surface area contributed by atoms with Crippen LogP contribution >= 0.6 is 11.8 Å². The highest BCUT2D eigenvalue weighted by Crippen LogP contribution is 2.13. The molecule has 1 heterocycles. The zero-order valence-electron chi connectivity index (χ0n) is 10.5. The Labute approximate surface area is 107 Å². The molecule has 98 valence electrons. The van der Waals surface area contributed by atoms with E-state index >= 15 is 0 Å². The van der Waals surface area contributed by atoms with E-state index in [-0.39, 0.29) is 5.91 Å². The Morgan fingerprint density at radius 3 is 3.24 bits per heavy atom. The second-order valence-corrected chi connectivity index (χ2v) is 5.05. The average molecular weight is 259 g/mol. The van der Waals surface area contributed by atoms with Crippen molar-refractivity contribution in [3.63, 3.8) is 0 Å². The minimum atomic E-state index is 0.0280. The lowest BCUT2D eigenvalue weighted by Gasteiger charge is -2.21. The molecule has 1 aliphatic heterocycles. The van der Waals surface area contributed by atoms with Crippen LogP contribution in [0.3, 0.4) is 0 Å². The lowest BCUT2D eigenvalue weighted by molar-refractivity contribution is -0.121. The fraction of sp³-hybridized carbons (Fsp3) is 0.818. The van der Waals surface area contributed by atoms with Gasteiger partial charge in [-0.15, -0.1) is 0 Å². The Kier molecular flexibility index (Phi) is 7.04. The molecule has 6 heteroatoms. The van der Waals surface area contributed by atoms with Crippen molar-refractivity contribution in [1.82, 2.24) is 10.6 Å². The minimum absolute atomic E-state index is 0.0280. The maximum atomic E-state index is 11.4. The highest BCUT2D eigenvalue weighted by molar-refractivity contribution is 8.13. The number of carbonyl (C=O) groups excluding carboxylic acids is 1. The van der Waals surface area contributed by atoms with Crippen LogP contribution in [0.25, 0.3) is 0 Å². The highest BCUT2D eigenvalue weighted by Gasteiger charge is 2.12. The van der Waals surface area contributed by atoms with Gasteiger partial charge in [0, 0.05) is 31.9 Å². The lowest BCUT2D eigenvalue weighted by atomic mass is 10.3. The van der Waals surface area contributed by atoms with Crippen molar-refractivity contribution in [2.75, 3.05) is 32.6 Å². The predicted octanol–water partition coefficient (Wildman–Crippen LogP) is 0.610. The van der Waals surface area contributed by atoms with E-state index in [4.69, 9.17) is 4.74 Å². The molecule has 1 saturated heterocycles. The number of aliphatic imine (C=N–C) groups is 1. The number of ether oxygens (including phenoxy) is 1. The maximum absolute atomic E-state index is 11.4. The number of amidine groups is 1. The van der Waals surface area contributed by atoms with Crippen molar-refractivity contribution in [1.29, 1.82) is 0 Å². The van der Waals surface area contributed by atoms with Gasteiger partial charge >= 0.3 is 0 Å². The molecule has 0 spiro atoms. The molecule has 1 unspecified atom stereocenters. The summed E-state index contributed by atoms with van der Waals surface area (Å²) in [5.74, 6) is 1.13. The fourth-order valence-corrected chi connectivity index (χ4v) is 2.52. The first-order chi connectivity index (χ1) is 8.22. The zero-order chi connectivity index (χ0) is 12.5. The third kappa shape index (κ3) is 6.53. The highest BCUT2D eigenvalue weighted by atomic mass is 32.2. The normalized spacial score (nSPS) is 22.2. The molecule has 0 aromatic heterocycles. The third-order valence-corrected chi connectivity index (χ3v) is 3.34. The van der Waals surface area contributed by atoms with Gasteiger partial charge < -0.3 is 15.4 Å². The topological polar surface area (TPSA) is 62.7 Å².